The third-order valence-corrected chi connectivity index (χ3v) is 11.0. The number of rotatable bonds is 15. The average molecular weight is 719 g/mol. The molecule has 12 nitrogen and oxygen atoms in total. The van der Waals surface area contributed by atoms with E-state index in [1.165, 1.54) is 38.7 Å². The summed E-state index contributed by atoms with van der Waals surface area (Å²) < 4.78 is 28.8. The quantitative estimate of drug-likeness (QED) is 0.157. The summed E-state index contributed by atoms with van der Waals surface area (Å²) >= 11 is 7.45. The van der Waals surface area contributed by atoms with Crippen LogP contribution in [0, 0.1) is 18.8 Å². The van der Waals surface area contributed by atoms with Crippen molar-refractivity contribution < 1.29 is 27.9 Å². The van der Waals surface area contributed by atoms with Crippen molar-refractivity contribution in [1.82, 2.24) is 24.4 Å². The number of aliphatic hydroxyl groups is 1. The molecule has 15 heteroatoms. The number of benzene rings is 2. The van der Waals surface area contributed by atoms with Gasteiger partial charge in [0.2, 0.25) is 15.9 Å². The van der Waals surface area contributed by atoms with Gasteiger partial charge >= 0.3 is 6.03 Å². The number of nitrogens with two attached hydrogens (primary N) is 1. The van der Waals surface area contributed by atoms with Crippen molar-refractivity contribution in [2.45, 2.75) is 70.7 Å². The number of urea groups is 1. The standard InChI is InChI=1S/C33H43ClN6O6S2/c1-20(2)15-38(48(45,46)25-11-12-26(34)27(35)14-25)17-29(41)28(13-23-9-7-6-8-10-23)37-32(43)31(21(3)4)40-18-30(42)39(33(40)44)16-24-19-47-22(5)36-24/h6-12,14,19-21,28-29,31,41H,13,15-18,35H2,1-5H3,(H,37,43)/t28-,29-,31-/m0/s1. The first-order valence-corrected chi connectivity index (χ1v) is 18.4. The number of aryl methyl sites for hydroxylation is 1. The molecule has 1 saturated heterocycles. The van der Waals surface area contributed by atoms with E-state index in [0.29, 0.717) is 5.69 Å². The van der Waals surface area contributed by atoms with E-state index in [1.807, 2.05) is 51.1 Å². The maximum atomic E-state index is 14.0. The molecule has 48 heavy (non-hydrogen) atoms. The number of aromatic nitrogens is 1. The van der Waals surface area contributed by atoms with Gasteiger partial charge in [-0.1, -0.05) is 69.6 Å². The lowest BCUT2D eigenvalue weighted by Gasteiger charge is -2.34. The number of anilines is 1. The molecule has 0 bridgehead atoms. The Bertz CT molecular complexity index is 1720. The van der Waals surface area contributed by atoms with Gasteiger partial charge in [0.1, 0.15) is 12.6 Å². The van der Waals surface area contributed by atoms with Gasteiger partial charge < -0.3 is 21.1 Å². The Hall–Kier alpha value is -3.56. The fraction of sp³-hybridized carbons (Fsp3) is 0.455. The maximum absolute atomic E-state index is 14.0. The number of thiazole rings is 1. The zero-order chi connectivity index (χ0) is 35.3. The second-order valence-electron chi connectivity index (χ2n) is 12.7. The second-order valence-corrected chi connectivity index (χ2v) is 16.1. The summed E-state index contributed by atoms with van der Waals surface area (Å²) in [5.74, 6) is -1.51. The summed E-state index contributed by atoms with van der Waals surface area (Å²) in [6, 6.07) is 10.6. The summed E-state index contributed by atoms with van der Waals surface area (Å²) in [5.41, 5.74) is 7.40. The Morgan fingerprint density at radius 1 is 1.12 bits per heavy atom. The van der Waals surface area contributed by atoms with Crippen LogP contribution in [0.4, 0.5) is 10.5 Å². The number of nitrogen functional groups attached to an aromatic ring is 1. The van der Waals surface area contributed by atoms with Crippen LogP contribution in [0.2, 0.25) is 5.02 Å². The van der Waals surface area contributed by atoms with Crippen LogP contribution in [0.1, 0.15) is 44.0 Å². The first-order valence-electron chi connectivity index (χ1n) is 15.7. The SMILES string of the molecule is Cc1nc(CN2C(=O)CN([C@H](C(=O)N[C@@H](Cc3ccccc3)[C@@H](O)CN(CC(C)C)S(=O)(=O)c3ccc(Cl)c(N)c3)C(C)C)C2=O)cs1. The first kappa shape index (κ1) is 37.3. The zero-order valence-corrected chi connectivity index (χ0v) is 30.1. The van der Waals surface area contributed by atoms with Gasteiger partial charge in [-0.25, -0.2) is 18.2 Å². The van der Waals surface area contributed by atoms with Gasteiger partial charge in [0.15, 0.2) is 0 Å². The minimum absolute atomic E-state index is 0.000282. The topological polar surface area (TPSA) is 166 Å². The number of hydrogen-bond acceptors (Lipinski definition) is 9. The normalized spacial score (nSPS) is 15.9. The summed E-state index contributed by atoms with van der Waals surface area (Å²) in [4.78, 5) is 47.1. The molecule has 1 aromatic heterocycles. The molecule has 0 radical (unpaired) electrons. The van der Waals surface area contributed by atoms with Gasteiger partial charge in [0.25, 0.3) is 5.91 Å². The van der Waals surface area contributed by atoms with E-state index in [-0.39, 0.29) is 54.1 Å². The van der Waals surface area contributed by atoms with Crippen molar-refractivity contribution >= 4 is 56.5 Å². The summed E-state index contributed by atoms with van der Waals surface area (Å²) in [7, 11) is -4.13. The number of imide groups is 1. The molecule has 2 aromatic carbocycles. The highest BCUT2D eigenvalue weighted by Crippen LogP contribution is 2.26. The predicted octanol–water partition coefficient (Wildman–Crippen LogP) is 3.91. The fourth-order valence-electron chi connectivity index (χ4n) is 5.65. The van der Waals surface area contributed by atoms with E-state index in [9.17, 15) is 27.9 Å². The van der Waals surface area contributed by atoms with Crippen molar-refractivity contribution in [1.29, 1.82) is 0 Å². The van der Waals surface area contributed by atoms with Crippen molar-refractivity contribution in [3.8, 4) is 0 Å². The lowest BCUT2D eigenvalue weighted by Crippen LogP contribution is -2.57. The molecule has 0 unspecified atom stereocenters. The molecule has 1 aliphatic rings. The number of nitrogens with one attached hydrogen (secondary N) is 1. The van der Waals surface area contributed by atoms with Gasteiger partial charge in [-0.2, -0.15) is 4.31 Å². The molecule has 3 atom stereocenters. The number of aliphatic hydroxyl groups excluding tert-OH is 1. The first-order chi connectivity index (χ1) is 22.6. The maximum Gasteiger partial charge on any atom is 0.328 e. The van der Waals surface area contributed by atoms with Crippen LogP contribution in [-0.4, -0.2) is 88.3 Å². The number of carbonyl (C=O) groups is 3. The highest BCUT2D eigenvalue weighted by Gasteiger charge is 2.44. The lowest BCUT2D eigenvalue weighted by atomic mass is 9.97. The molecule has 2 heterocycles. The van der Waals surface area contributed by atoms with E-state index in [2.05, 4.69) is 10.3 Å². The zero-order valence-electron chi connectivity index (χ0n) is 27.7. The van der Waals surface area contributed by atoms with Crippen LogP contribution in [0.25, 0.3) is 0 Å². The van der Waals surface area contributed by atoms with Gasteiger partial charge in [-0.05, 0) is 48.9 Å². The van der Waals surface area contributed by atoms with Crippen molar-refractivity contribution in [3.63, 3.8) is 0 Å². The van der Waals surface area contributed by atoms with Crippen LogP contribution >= 0.6 is 22.9 Å². The number of hydrogen-bond donors (Lipinski definition) is 3. The third-order valence-electron chi connectivity index (χ3n) is 7.96. The van der Waals surface area contributed by atoms with Gasteiger partial charge in [-0.3, -0.25) is 14.5 Å². The molecule has 3 aromatic rings. The monoisotopic (exact) mass is 718 g/mol. The molecule has 4 amide bonds. The Balaban J connectivity index is 1.60. The summed E-state index contributed by atoms with van der Waals surface area (Å²) in [5, 5.41) is 17.4. The highest BCUT2D eigenvalue weighted by atomic mass is 35.5. The minimum atomic E-state index is -4.13. The van der Waals surface area contributed by atoms with Gasteiger partial charge in [-0.15, -0.1) is 11.3 Å². The van der Waals surface area contributed by atoms with Crippen LogP contribution in [0.15, 0.2) is 58.8 Å². The summed E-state index contributed by atoms with van der Waals surface area (Å²) in [6.45, 7) is 8.55. The predicted molar refractivity (Wildman–Crippen MR) is 186 cm³/mol. The van der Waals surface area contributed by atoms with Crippen LogP contribution in [-0.2, 0) is 32.6 Å². The number of sulfonamides is 1. The van der Waals surface area contributed by atoms with Crippen molar-refractivity contribution in [3.05, 3.63) is 75.2 Å². The molecular formula is C33H43ClN6O6S2. The van der Waals surface area contributed by atoms with Crippen LogP contribution in [0.3, 0.4) is 0 Å². The number of nitrogens with zero attached hydrogens (tertiary/aromatic N) is 4. The second kappa shape index (κ2) is 15.8. The van der Waals surface area contributed by atoms with E-state index in [4.69, 9.17) is 17.3 Å². The van der Waals surface area contributed by atoms with Crippen molar-refractivity contribution in [2.75, 3.05) is 25.4 Å². The van der Waals surface area contributed by atoms with E-state index in [1.54, 1.807) is 19.2 Å². The molecule has 1 aliphatic heterocycles. The smallest absolute Gasteiger partial charge is 0.328 e. The number of halogens is 1. The van der Waals surface area contributed by atoms with E-state index < -0.39 is 52.0 Å². The highest BCUT2D eigenvalue weighted by molar-refractivity contribution is 7.89. The van der Waals surface area contributed by atoms with Crippen LogP contribution < -0.4 is 11.1 Å². The fourth-order valence-corrected chi connectivity index (χ4v) is 8.02. The Morgan fingerprint density at radius 3 is 2.40 bits per heavy atom. The van der Waals surface area contributed by atoms with Gasteiger partial charge in [0, 0.05) is 18.5 Å². The van der Waals surface area contributed by atoms with E-state index in [0.717, 1.165) is 15.5 Å². The molecule has 1 fully saturated rings. The molecule has 0 spiro atoms. The Morgan fingerprint density at radius 2 is 1.81 bits per heavy atom. The van der Waals surface area contributed by atoms with E-state index >= 15 is 0 Å². The molecule has 0 saturated carbocycles. The molecule has 0 aliphatic carbocycles. The number of amides is 4. The molecule has 4 rings (SSSR count). The Kier molecular flexibility index (Phi) is 12.2. The minimum Gasteiger partial charge on any atom is -0.397 e. The average Bonchev–Trinajstić information content (AvgIpc) is 3.55. The third kappa shape index (κ3) is 8.91. The van der Waals surface area contributed by atoms with Crippen molar-refractivity contribution in [2.24, 2.45) is 11.8 Å². The number of carbonyl (C=O) groups excluding carboxylic acids is 3. The largest absolute Gasteiger partial charge is 0.397 e. The summed E-state index contributed by atoms with van der Waals surface area (Å²) in [6.07, 6.45) is -1.19. The van der Waals surface area contributed by atoms with Gasteiger partial charge in [0.05, 0.1) is 45.0 Å². The molecule has 4 N–H and O–H groups in total. The lowest BCUT2D eigenvalue weighted by molar-refractivity contribution is -0.129. The molecule has 260 valence electrons. The molecular weight excluding hydrogens is 676 g/mol. The van der Waals surface area contributed by atoms with Crippen LogP contribution in [0.5, 0.6) is 0 Å². The Labute approximate surface area is 290 Å².